The van der Waals surface area contributed by atoms with Gasteiger partial charge in [-0.2, -0.15) is 0 Å². The van der Waals surface area contributed by atoms with E-state index in [0.29, 0.717) is 12.1 Å². The van der Waals surface area contributed by atoms with E-state index >= 15 is 0 Å². The molecule has 2 atom stereocenters. The maximum absolute atomic E-state index is 13.0. The molecule has 1 fully saturated rings. The first-order valence-electron chi connectivity index (χ1n) is 9.01. The fourth-order valence-electron chi connectivity index (χ4n) is 4.19. The number of nitrogens with zero attached hydrogens (tertiary/aromatic N) is 1. The summed E-state index contributed by atoms with van der Waals surface area (Å²) in [6.45, 7) is 1.07. The molecule has 0 N–H and O–H groups in total. The standard InChI is InChI=1S/C22H24FN/c23-20-10-8-17(9-11-20)6-7-19-14-21-12-13-22(15-19)24(21)16-18-4-2-1-3-5-18/h1-5,8-11,14,21-22H,6-7,12-13,15-16H2. The molecular formula is C22H24FN. The summed E-state index contributed by atoms with van der Waals surface area (Å²) in [5.41, 5.74) is 4.24. The third-order valence-corrected chi connectivity index (χ3v) is 5.47. The highest BCUT2D eigenvalue weighted by atomic mass is 19.1. The van der Waals surface area contributed by atoms with E-state index in [2.05, 4.69) is 41.3 Å². The molecule has 2 aliphatic heterocycles. The van der Waals surface area contributed by atoms with E-state index < -0.39 is 0 Å². The Balaban J connectivity index is 1.39. The zero-order valence-electron chi connectivity index (χ0n) is 14.0. The average molecular weight is 321 g/mol. The lowest BCUT2D eigenvalue weighted by molar-refractivity contribution is 0.194. The lowest BCUT2D eigenvalue weighted by atomic mass is 9.95. The van der Waals surface area contributed by atoms with E-state index in [9.17, 15) is 4.39 Å². The number of fused-ring (bicyclic) bond motifs is 2. The van der Waals surface area contributed by atoms with Gasteiger partial charge in [0.2, 0.25) is 0 Å². The number of hydrogen-bond donors (Lipinski definition) is 0. The Kier molecular flexibility index (Phi) is 4.48. The average Bonchev–Trinajstić information content (AvgIpc) is 2.84. The van der Waals surface area contributed by atoms with Crippen molar-refractivity contribution in [1.29, 1.82) is 0 Å². The minimum absolute atomic E-state index is 0.148. The van der Waals surface area contributed by atoms with Gasteiger partial charge >= 0.3 is 0 Å². The summed E-state index contributed by atoms with van der Waals surface area (Å²) in [6.07, 6.45) is 8.44. The number of rotatable bonds is 5. The summed E-state index contributed by atoms with van der Waals surface area (Å²) in [7, 11) is 0. The number of benzene rings is 2. The van der Waals surface area contributed by atoms with Gasteiger partial charge in [-0.1, -0.05) is 54.1 Å². The zero-order chi connectivity index (χ0) is 16.4. The van der Waals surface area contributed by atoms with E-state index in [4.69, 9.17) is 0 Å². The molecule has 0 amide bonds. The molecule has 2 bridgehead atoms. The Morgan fingerprint density at radius 2 is 1.67 bits per heavy atom. The summed E-state index contributed by atoms with van der Waals surface area (Å²) in [4.78, 5) is 2.68. The van der Waals surface area contributed by atoms with Gasteiger partial charge in [0.05, 0.1) is 0 Å². The highest BCUT2D eigenvalue weighted by Gasteiger charge is 2.35. The molecule has 0 radical (unpaired) electrons. The van der Waals surface area contributed by atoms with Crippen LogP contribution in [0.4, 0.5) is 4.39 Å². The quantitative estimate of drug-likeness (QED) is 0.691. The van der Waals surface area contributed by atoms with Crippen molar-refractivity contribution in [3.63, 3.8) is 0 Å². The molecule has 0 saturated carbocycles. The van der Waals surface area contributed by atoms with Gasteiger partial charge in [0.1, 0.15) is 5.82 Å². The molecule has 1 nitrogen and oxygen atoms in total. The van der Waals surface area contributed by atoms with Gasteiger partial charge in [-0.3, -0.25) is 4.90 Å². The molecule has 2 unspecified atom stereocenters. The monoisotopic (exact) mass is 321 g/mol. The highest BCUT2D eigenvalue weighted by Crippen LogP contribution is 2.37. The molecule has 2 heterocycles. The van der Waals surface area contributed by atoms with E-state index in [1.54, 1.807) is 17.7 Å². The smallest absolute Gasteiger partial charge is 0.123 e. The van der Waals surface area contributed by atoms with Gasteiger partial charge in [0.25, 0.3) is 0 Å². The lowest BCUT2D eigenvalue weighted by Crippen LogP contribution is -2.38. The Morgan fingerprint density at radius 3 is 2.42 bits per heavy atom. The van der Waals surface area contributed by atoms with Crippen LogP contribution >= 0.6 is 0 Å². The molecule has 2 aromatic carbocycles. The molecular weight excluding hydrogens is 297 g/mol. The predicted octanol–water partition coefficient (Wildman–Crippen LogP) is 5.12. The molecule has 2 heteroatoms. The first kappa shape index (κ1) is 15.6. The van der Waals surface area contributed by atoms with Crippen molar-refractivity contribution in [2.75, 3.05) is 0 Å². The van der Waals surface area contributed by atoms with Crippen molar-refractivity contribution in [3.8, 4) is 0 Å². The zero-order valence-corrected chi connectivity index (χ0v) is 14.0. The van der Waals surface area contributed by atoms with Crippen LogP contribution in [0, 0.1) is 5.82 Å². The predicted molar refractivity (Wildman–Crippen MR) is 96.2 cm³/mol. The molecule has 0 aromatic heterocycles. The summed E-state index contributed by atoms with van der Waals surface area (Å²) >= 11 is 0. The lowest BCUT2D eigenvalue weighted by Gasteiger charge is -2.34. The number of aryl methyl sites for hydroxylation is 1. The van der Waals surface area contributed by atoms with E-state index in [0.717, 1.165) is 19.4 Å². The Hall–Kier alpha value is -1.93. The fourth-order valence-corrected chi connectivity index (χ4v) is 4.19. The number of hydrogen-bond acceptors (Lipinski definition) is 1. The van der Waals surface area contributed by atoms with Gasteiger partial charge < -0.3 is 0 Å². The second-order valence-corrected chi connectivity index (χ2v) is 7.11. The van der Waals surface area contributed by atoms with Crippen molar-refractivity contribution in [2.24, 2.45) is 0 Å². The Labute approximate surface area is 143 Å². The van der Waals surface area contributed by atoms with Crippen molar-refractivity contribution >= 4 is 0 Å². The maximum Gasteiger partial charge on any atom is 0.123 e. The first-order valence-corrected chi connectivity index (χ1v) is 9.01. The molecule has 1 saturated heterocycles. The minimum atomic E-state index is -0.148. The SMILES string of the molecule is Fc1ccc(CCC2=CC3CCC(C2)N3Cc2ccccc2)cc1. The minimum Gasteiger partial charge on any atom is -0.289 e. The third-order valence-electron chi connectivity index (χ3n) is 5.47. The van der Waals surface area contributed by atoms with Crippen LogP contribution in [0.5, 0.6) is 0 Å². The molecule has 0 spiro atoms. The molecule has 4 rings (SSSR count). The Morgan fingerprint density at radius 1 is 0.875 bits per heavy atom. The first-order chi connectivity index (χ1) is 11.8. The van der Waals surface area contributed by atoms with Crippen LogP contribution in [0.25, 0.3) is 0 Å². The topological polar surface area (TPSA) is 3.24 Å². The van der Waals surface area contributed by atoms with E-state index in [1.165, 1.54) is 30.4 Å². The summed E-state index contributed by atoms with van der Waals surface area (Å²) in [5.74, 6) is -0.148. The molecule has 0 aliphatic carbocycles. The van der Waals surface area contributed by atoms with Crippen molar-refractivity contribution in [1.82, 2.24) is 4.90 Å². The second kappa shape index (κ2) is 6.90. The molecule has 2 aromatic rings. The molecule has 2 aliphatic rings. The molecule has 124 valence electrons. The van der Waals surface area contributed by atoms with Crippen LogP contribution in [0.1, 0.15) is 36.8 Å². The largest absolute Gasteiger partial charge is 0.289 e. The second-order valence-electron chi connectivity index (χ2n) is 7.11. The highest BCUT2D eigenvalue weighted by molar-refractivity contribution is 5.23. The number of halogens is 1. The molecule has 24 heavy (non-hydrogen) atoms. The van der Waals surface area contributed by atoms with Crippen LogP contribution in [0.2, 0.25) is 0 Å². The van der Waals surface area contributed by atoms with Gasteiger partial charge in [-0.25, -0.2) is 4.39 Å². The van der Waals surface area contributed by atoms with Crippen LogP contribution in [0.3, 0.4) is 0 Å². The van der Waals surface area contributed by atoms with Crippen LogP contribution in [-0.2, 0) is 13.0 Å². The summed E-state index contributed by atoms with van der Waals surface area (Å²) < 4.78 is 13.0. The summed E-state index contributed by atoms with van der Waals surface area (Å²) in [6, 6.07) is 19.1. The van der Waals surface area contributed by atoms with Crippen molar-refractivity contribution in [3.05, 3.63) is 83.2 Å². The van der Waals surface area contributed by atoms with Gasteiger partial charge in [-0.15, -0.1) is 0 Å². The fraction of sp³-hybridized carbons (Fsp3) is 0.364. The van der Waals surface area contributed by atoms with Gasteiger partial charge in [-0.05, 0) is 55.4 Å². The van der Waals surface area contributed by atoms with Crippen molar-refractivity contribution in [2.45, 2.75) is 50.7 Å². The summed E-state index contributed by atoms with van der Waals surface area (Å²) in [5, 5.41) is 0. The van der Waals surface area contributed by atoms with Crippen molar-refractivity contribution < 1.29 is 4.39 Å². The van der Waals surface area contributed by atoms with E-state index in [1.807, 2.05) is 12.1 Å². The van der Waals surface area contributed by atoms with Gasteiger partial charge in [0.15, 0.2) is 0 Å². The van der Waals surface area contributed by atoms with Crippen LogP contribution in [-0.4, -0.2) is 17.0 Å². The van der Waals surface area contributed by atoms with E-state index in [-0.39, 0.29) is 5.82 Å². The van der Waals surface area contributed by atoms with Crippen LogP contribution in [0.15, 0.2) is 66.2 Å². The normalized spacial score (nSPS) is 23.3. The third kappa shape index (κ3) is 3.44. The van der Waals surface area contributed by atoms with Crippen LogP contribution < -0.4 is 0 Å². The Bertz CT molecular complexity index is 705. The maximum atomic E-state index is 13.0. The van der Waals surface area contributed by atoms with Gasteiger partial charge in [0, 0.05) is 18.6 Å².